The lowest BCUT2D eigenvalue weighted by Crippen LogP contribution is -2.00. The minimum atomic E-state index is 0.552. The van der Waals surface area contributed by atoms with Gasteiger partial charge in [0.2, 0.25) is 0 Å². The number of furan rings is 1. The summed E-state index contributed by atoms with van der Waals surface area (Å²) in [6, 6.07) is 41.8. The lowest BCUT2D eigenvalue weighted by Gasteiger charge is -2.10. The third-order valence-corrected chi connectivity index (χ3v) is 8.16. The predicted octanol–water partition coefficient (Wildman–Crippen LogP) is 9.63. The summed E-state index contributed by atoms with van der Waals surface area (Å²) < 4.78 is 6.31. The van der Waals surface area contributed by atoms with Gasteiger partial charge in [-0.25, -0.2) is 15.0 Å². The monoisotopic (exact) mass is 550 g/mol. The summed E-state index contributed by atoms with van der Waals surface area (Å²) in [6.45, 7) is 0. The number of rotatable bonds is 3. The molecule has 0 bridgehead atoms. The Bertz CT molecular complexity index is 2520. The lowest BCUT2D eigenvalue weighted by atomic mass is 10.00. The zero-order chi connectivity index (χ0) is 28.3. The van der Waals surface area contributed by atoms with E-state index in [1.807, 2.05) is 42.6 Å². The third-order valence-electron chi connectivity index (χ3n) is 8.16. The van der Waals surface area contributed by atoms with Crippen molar-refractivity contribution in [3.8, 4) is 34.2 Å². The van der Waals surface area contributed by atoms with Gasteiger partial charge in [-0.15, -0.1) is 0 Å². The second-order valence-corrected chi connectivity index (χ2v) is 10.8. The van der Waals surface area contributed by atoms with Gasteiger partial charge >= 0.3 is 0 Å². The summed E-state index contributed by atoms with van der Waals surface area (Å²) in [5.74, 6) is 1.76. The highest BCUT2D eigenvalue weighted by Crippen LogP contribution is 2.38. The molecule has 43 heavy (non-hydrogen) atoms. The molecule has 0 aliphatic heterocycles. The van der Waals surface area contributed by atoms with Crippen molar-refractivity contribution in [2.75, 3.05) is 0 Å². The van der Waals surface area contributed by atoms with Crippen LogP contribution in [0.4, 0.5) is 0 Å². The minimum absolute atomic E-state index is 0.552. The van der Waals surface area contributed by atoms with Crippen LogP contribution in [0.1, 0.15) is 0 Å². The fourth-order valence-corrected chi connectivity index (χ4v) is 6.07. The molecule has 5 nitrogen and oxygen atoms in total. The van der Waals surface area contributed by atoms with Crippen molar-refractivity contribution in [2.24, 2.45) is 0 Å². The zero-order valence-corrected chi connectivity index (χ0v) is 22.9. The van der Waals surface area contributed by atoms with Crippen molar-refractivity contribution >= 4 is 54.3 Å². The minimum Gasteiger partial charge on any atom is -0.454 e. The Kier molecular flexibility index (Phi) is 5.13. The van der Waals surface area contributed by atoms with Crippen LogP contribution in [0.2, 0.25) is 0 Å². The maximum Gasteiger partial charge on any atom is 0.166 e. The second-order valence-electron chi connectivity index (χ2n) is 10.8. The molecule has 0 aliphatic carbocycles. The van der Waals surface area contributed by atoms with Crippen LogP contribution in [0.15, 0.2) is 138 Å². The normalized spacial score (nSPS) is 11.7. The van der Waals surface area contributed by atoms with Crippen molar-refractivity contribution in [3.63, 3.8) is 0 Å². The summed E-state index contributed by atoms with van der Waals surface area (Å²) in [6.07, 6.45) is 3.59. The molecule has 0 saturated carbocycles. The van der Waals surface area contributed by atoms with Gasteiger partial charge in [-0.3, -0.25) is 4.98 Å². The van der Waals surface area contributed by atoms with Gasteiger partial charge in [-0.2, -0.15) is 0 Å². The van der Waals surface area contributed by atoms with Crippen LogP contribution in [0.5, 0.6) is 0 Å². The van der Waals surface area contributed by atoms with E-state index in [1.54, 1.807) is 6.20 Å². The first-order valence-electron chi connectivity index (χ1n) is 14.2. The molecule has 0 spiro atoms. The maximum absolute atomic E-state index is 6.31. The van der Waals surface area contributed by atoms with Crippen LogP contribution in [-0.2, 0) is 0 Å². The zero-order valence-electron chi connectivity index (χ0n) is 22.9. The highest BCUT2D eigenvalue weighted by Gasteiger charge is 2.19. The molecular weight excluding hydrogens is 528 g/mol. The molecule has 0 unspecified atom stereocenters. The van der Waals surface area contributed by atoms with E-state index in [0.29, 0.717) is 23.1 Å². The number of fused-ring (bicyclic) bond motifs is 7. The molecule has 0 saturated heterocycles. The van der Waals surface area contributed by atoms with Crippen molar-refractivity contribution < 1.29 is 4.42 Å². The molecule has 9 rings (SSSR count). The number of pyridine rings is 1. The molecule has 0 aliphatic rings. The van der Waals surface area contributed by atoms with Crippen LogP contribution in [0, 0.1) is 0 Å². The summed E-state index contributed by atoms with van der Waals surface area (Å²) in [4.78, 5) is 19.6. The molecule has 0 N–H and O–H groups in total. The van der Waals surface area contributed by atoms with E-state index in [4.69, 9.17) is 19.4 Å². The summed E-state index contributed by atoms with van der Waals surface area (Å²) in [5, 5.41) is 8.95. The van der Waals surface area contributed by atoms with Gasteiger partial charge in [-0.05, 0) is 50.5 Å². The average Bonchev–Trinajstić information content (AvgIpc) is 3.44. The van der Waals surface area contributed by atoms with Crippen molar-refractivity contribution in [2.45, 2.75) is 0 Å². The van der Waals surface area contributed by atoms with Crippen molar-refractivity contribution in [3.05, 3.63) is 134 Å². The number of aromatic nitrogens is 4. The Balaban J connectivity index is 1.32. The quantitative estimate of drug-likeness (QED) is 0.205. The molecule has 0 atom stereocenters. The van der Waals surface area contributed by atoms with E-state index < -0.39 is 0 Å². The van der Waals surface area contributed by atoms with Gasteiger partial charge in [-0.1, -0.05) is 103 Å². The molecule has 5 heteroatoms. The number of hydrogen-bond acceptors (Lipinski definition) is 5. The highest BCUT2D eigenvalue weighted by atomic mass is 16.3. The predicted molar refractivity (Wildman–Crippen MR) is 174 cm³/mol. The van der Waals surface area contributed by atoms with Crippen molar-refractivity contribution in [1.29, 1.82) is 0 Å². The van der Waals surface area contributed by atoms with E-state index in [1.165, 1.54) is 16.2 Å². The number of nitrogens with zero attached hydrogens (tertiary/aromatic N) is 4. The van der Waals surface area contributed by atoms with E-state index in [2.05, 4.69) is 89.9 Å². The summed E-state index contributed by atoms with van der Waals surface area (Å²) in [7, 11) is 0. The molecule has 9 aromatic rings. The average molecular weight is 551 g/mol. The first kappa shape index (κ1) is 23.7. The molecule has 3 heterocycles. The second kappa shape index (κ2) is 9.29. The Labute approximate surface area is 246 Å². The Morgan fingerprint density at radius 2 is 1.07 bits per heavy atom. The molecule has 6 aromatic carbocycles. The number of hydrogen-bond donors (Lipinski definition) is 0. The van der Waals surface area contributed by atoms with Gasteiger partial charge in [0.15, 0.2) is 23.1 Å². The number of benzene rings is 6. The van der Waals surface area contributed by atoms with E-state index in [-0.39, 0.29) is 0 Å². The molecule has 200 valence electrons. The van der Waals surface area contributed by atoms with E-state index >= 15 is 0 Å². The fourth-order valence-electron chi connectivity index (χ4n) is 6.07. The smallest absolute Gasteiger partial charge is 0.166 e. The molecule has 0 fully saturated rings. The Hall–Kier alpha value is -5.94. The Morgan fingerprint density at radius 3 is 1.91 bits per heavy atom. The first-order chi connectivity index (χ1) is 21.3. The highest BCUT2D eigenvalue weighted by molar-refractivity contribution is 6.15. The summed E-state index contributed by atoms with van der Waals surface area (Å²) in [5.41, 5.74) is 4.15. The van der Waals surface area contributed by atoms with Crippen LogP contribution >= 0.6 is 0 Å². The standard InChI is InChI=1S/C38H22N4O/c1-2-9-25(10-3-1)36-40-37(28-17-16-24-15-14-23-8-6-7-13-29(23)30(24)19-28)42-38(41-36)32-21-39-22-34-35(32)31-18-26-11-4-5-12-27(26)20-33(31)43-34/h1-22H. The lowest BCUT2D eigenvalue weighted by molar-refractivity contribution is 0.667. The summed E-state index contributed by atoms with van der Waals surface area (Å²) >= 11 is 0. The van der Waals surface area contributed by atoms with Gasteiger partial charge in [0.05, 0.1) is 6.20 Å². The van der Waals surface area contributed by atoms with Gasteiger partial charge in [0.25, 0.3) is 0 Å². The Morgan fingerprint density at radius 1 is 0.419 bits per heavy atom. The van der Waals surface area contributed by atoms with Crippen LogP contribution in [0.25, 0.3) is 88.4 Å². The van der Waals surface area contributed by atoms with Crippen LogP contribution in [-0.4, -0.2) is 19.9 Å². The fraction of sp³-hybridized carbons (Fsp3) is 0. The topological polar surface area (TPSA) is 64.7 Å². The third kappa shape index (κ3) is 3.86. The largest absolute Gasteiger partial charge is 0.454 e. The van der Waals surface area contributed by atoms with E-state index in [9.17, 15) is 0 Å². The molecule has 0 amide bonds. The van der Waals surface area contributed by atoms with Gasteiger partial charge in [0.1, 0.15) is 5.58 Å². The van der Waals surface area contributed by atoms with Crippen LogP contribution < -0.4 is 0 Å². The molecular formula is C38H22N4O. The SMILES string of the molecule is c1ccc(-c2nc(-c3ccc4ccc5ccccc5c4c3)nc(-c3cncc4oc5cc6ccccc6cc5c34)n2)cc1. The van der Waals surface area contributed by atoms with E-state index in [0.717, 1.165) is 49.2 Å². The molecule has 3 aromatic heterocycles. The van der Waals surface area contributed by atoms with Gasteiger partial charge in [0, 0.05) is 33.7 Å². The molecule has 0 radical (unpaired) electrons. The maximum atomic E-state index is 6.31. The van der Waals surface area contributed by atoms with Crippen molar-refractivity contribution in [1.82, 2.24) is 19.9 Å². The van der Waals surface area contributed by atoms with Crippen LogP contribution in [0.3, 0.4) is 0 Å². The van der Waals surface area contributed by atoms with Gasteiger partial charge < -0.3 is 4.42 Å². The first-order valence-corrected chi connectivity index (χ1v) is 14.2.